The van der Waals surface area contributed by atoms with Gasteiger partial charge in [-0.15, -0.1) is 0 Å². The number of benzene rings is 6. The number of aromatic nitrogens is 4. The standard InChI is InChI=1S/C31H25N3O3S.C22H16BrN3O2S.C8H10BNO3/c1-20-6-10-27(11-7-20)38(36,37)34-30(24-8-9-25-18-32-19-26(25)16-24)17-29-28(12-13-33-31(29)34)23-5-3-4-22(15-23)14-21(2)35;1-14-2-6-18(7-3-14)29(27,28)26-21(11-19-20(23)8-9-25-22(19)26)15-4-5-16-12-24-13-17(16)10-15;1-6(11)10-8-4-2-3-7(5-8)9(12)13/h3-13,15-18H,14,19H2,1-2H3;2-12H,13H2,1H3;2-5,12-13H,1H3,(H,10,11). The lowest BCUT2D eigenvalue weighted by Crippen LogP contribution is -2.29. The van der Waals surface area contributed by atoms with E-state index in [-0.39, 0.29) is 21.5 Å². The van der Waals surface area contributed by atoms with Gasteiger partial charge in [0.25, 0.3) is 20.0 Å². The first-order valence-electron chi connectivity index (χ1n) is 25.3. The molecule has 0 radical (unpaired) electrons. The fourth-order valence-electron chi connectivity index (χ4n) is 9.55. The number of hydrogen-bond donors (Lipinski definition) is 3. The maximum absolute atomic E-state index is 14.1. The Balaban J connectivity index is 0.000000151. The maximum Gasteiger partial charge on any atom is 0.488 e. The third kappa shape index (κ3) is 11.4. The van der Waals surface area contributed by atoms with Gasteiger partial charge in [-0.3, -0.25) is 19.6 Å². The zero-order valence-corrected chi connectivity index (χ0v) is 47.0. The number of nitrogens with one attached hydrogen (secondary N) is 1. The molecular formula is C61H51BBrN7O8S2. The predicted molar refractivity (Wildman–Crippen MR) is 319 cm³/mol. The Kier molecular flexibility index (Phi) is 15.6. The lowest BCUT2D eigenvalue weighted by molar-refractivity contribution is -0.116. The van der Waals surface area contributed by atoms with Gasteiger partial charge in [-0.2, -0.15) is 0 Å². The molecule has 6 aromatic carbocycles. The lowest BCUT2D eigenvalue weighted by Gasteiger charge is -2.13. The largest absolute Gasteiger partial charge is 0.488 e. The number of aryl methyl sites for hydroxylation is 2. The van der Waals surface area contributed by atoms with Crippen molar-refractivity contribution >= 4 is 100 Å². The van der Waals surface area contributed by atoms with Crippen molar-refractivity contribution in [2.75, 3.05) is 5.32 Å². The Labute approximate surface area is 471 Å². The van der Waals surface area contributed by atoms with Crippen LogP contribution < -0.4 is 10.8 Å². The van der Waals surface area contributed by atoms with Gasteiger partial charge in [-0.05, 0) is 165 Å². The van der Waals surface area contributed by atoms with Crippen molar-refractivity contribution in [3.63, 3.8) is 0 Å². The van der Waals surface area contributed by atoms with Gasteiger partial charge in [-0.25, -0.2) is 34.7 Å². The minimum absolute atomic E-state index is 0.0836. The molecule has 0 bridgehead atoms. The second-order valence-electron chi connectivity index (χ2n) is 19.4. The number of rotatable bonds is 11. The van der Waals surface area contributed by atoms with Crippen molar-refractivity contribution < 1.29 is 36.5 Å². The molecule has 3 N–H and O–H groups in total. The molecule has 0 unspecified atom stereocenters. The van der Waals surface area contributed by atoms with Gasteiger partial charge in [0.05, 0.1) is 34.3 Å². The average molecular weight is 1160 g/mol. The van der Waals surface area contributed by atoms with Crippen LogP contribution in [-0.2, 0) is 49.1 Å². The van der Waals surface area contributed by atoms with Gasteiger partial charge in [-0.1, -0.05) is 96.1 Å². The summed E-state index contributed by atoms with van der Waals surface area (Å²) >= 11 is 3.53. The van der Waals surface area contributed by atoms with E-state index in [0.717, 1.165) is 76.4 Å². The quantitative estimate of drug-likeness (QED) is 0.104. The van der Waals surface area contributed by atoms with Crippen LogP contribution >= 0.6 is 15.9 Å². The van der Waals surface area contributed by atoms with E-state index < -0.39 is 27.2 Å². The molecule has 15 nitrogen and oxygen atoms in total. The molecule has 1 amide bonds. The summed E-state index contributed by atoms with van der Waals surface area (Å²) in [4.78, 5) is 40.4. The van der Waals surface area contributed by atoms with Crippen LogP contribution in [0.4, 0.5) is 5.69 Å². The summed E-state index contributed by atoms with van der Waals surface area (Å²) in [6, 6.07) is 47.2. The topological polar surface area (TPSA) is 215 Å². The second-order valence-corrected chi connectivity index (χ2v) is 23.8. The molecule has 80 heavy (non-hydrogen) atoms. The molecule has 4 aromatic heterocycles. The molecule has 0 fully saturated rings. The van der Waals surface area contributed by atoms with Crippen LogP contribution in [0.25, 0.3) is 55.7 Å². The van der Waals surface area contributed by atoms with Gasteiger partial charge in [0.1, 0.15) is 5.78 Å². The third-order valence-corrected chi connectivity index (χ3v) is 17.6. The Morgan fingerprint density at radius 3 is 1.66 bits per heavy atom. The minimum Gasteiger partial charge on any atom is -0.423 e. The van der Waals surface area contributed by atoms with Crippen molar-refractivity contribution in [2.45, 2.75) is 57.0 Å². The molecule has 0 aliphatic carbocycles. The summed E-state index contributed by atoms with van der Waals surface area (Å²) < 4.78 is 59.0. The molecule has 0 saturated carbocycles. The van der Waals surface area contributed by atoms with E-state index in [1.165, 1.54) is 20.9 Å². The Morgan fingerprint density at radius 2 is 1.12 bits per heavy atom. The zero-order valence-electron chi connectivity index (χ0n) is 43.7. The molecule has 6 heterocycles. The van der Waals surface area contributed by atoms with Crippen molar-refractivity contribution in [1.29, 1.82) is 0 Å². The summed E-state index contributed by atoms with van der Waals surface area (Å²) in [6.07, 6.45) is 7.26. The molecule has 10 aromatic rings. The number of halogens is 1. The van der Waals surface area contributed by atoms with E-state index >= 15 is 0 Å². The Hall–Kier alpha value is -8.46. The van der Waals surface area contributed by atoms with Crippen molar-refractivity contribution in [3.8, 4) is 33.6 Å². The number of ketones is 1. The highest BCUT2D eigenvalue weighted by Gasteiger charge is 2.28. The summed E-state index contributed by atoms with van der Waals surface area (Å²) in [6.45, 7) is 7.99. The fraction of sp³-hybridized carbons (Fsp3) is 0.115. The van der Waals surface area contributed by atoms with Crippen LogP contribution in [0.15, 0.2) is 194 Å². The van der Waals surface area contributed by atoms with Crippen LogP contribution in [-0.4, -0.2) is 76.0 Å². The smallest absolute Gasteiger partial charge is 0.423 e. The van der Waals surface area contributed by atoms with Gasteiger partial charge in [0, 0.05) is 59.1 Å². The molecule has 2 aliphatic heterocycles. The highest BCUT2D eigenvalue weighted by molar-refractivity contribution is 9.10. The minimum atomic E-state index is -3.98. The van der Waals surface area contributed by atoms with Crippen molar-refractivity contribution in [1.82, 2.24) is 17.9 Å². The van der Waals surface area contributed by atoms with E-state index in [1.54, 1.807) is 86.0 Å². The van der Waals surface area contributed by atoms with Crippen molar-refractivity contribution in [3.05, 3.63) is 214 Å². The molecule has 400 valence electrons. The van der Waals surface area contributed by atoms with Crippen LogP contribution in [0.1, 0.15) is 52.8 Å². The van der Waals surface area contributed by atoms with Gasteiger partial charge >= 0.3 is 7.12 Å². The fourth-order valence-corrected chi connectivity index (χ4v) is 12.9. The average Bonchev–Trinajstić information content (AvgIpc) is 4.31. The van der Waals surface area contributed by atoms with Gasteiger partial charge < -0.3 is 15.4 Å². The number of anilines is 1. The Morgan fingerprint density at radius 1 is 0.600 bits per heavy atom. The van der Waals surface area contributed by atoms with E-state index in [2.05, 4.69) is 41.2 Å². The number of carbonyl (C=O) groups excluding carboxylic acids is 2. The lowest BCUT2D eigenvalue weighted by atomic mass is 9.80. The highest BCUT2D eigenvalue weighted by Crippen LogP contribution is 2.39. The Bertz CT molecular complexity index is 4370. The summed E-state index contributed by atoms with van der Waals surface area (Å²) in [7, 11) is -9.33. The summed E-state index contributed by atoms with van der Waals surface area (Å²) in [5.41, 5.74) is 13.2. The summed E-state index contributed by atoms with van der Waals surface area (Å²) in [5, 5.41) is 21.7. The number of pyridine rings is 2. The van der Waals surface area contributed by atoms with Crippen LogP contribution in [0, 0.1) is 13.8 Å². The van der Waals surface area contributed by atoms with Gasteiger partial charge in [0.15, 0.2) is 11.3 Å². The number of Topliss-reactive ketones (excluding diaryl/α,β-unsaturated/α-hetero) is 1. The van der Waals surface area contributed by atoms with Crippen LogP contribution in [0.5, 0.6) is 0 Å². The number of fused-ring (bicyclic) bond motifs is 4. The first-order valence-corrected chi connectivity index (χ1v) is 28.9. The normalized spacial score (nSPS) is 12.3. The second kappa shape index (κ2) is 22.7. The number of nitrogens with zero attached hydrogens (tertiary/aromatic N) is 6. The molecule has 0 atom stereocenters. The highest BCUT2D eigenvalue weighted by atomic mass is 79.9. The molecule has 19 heteroatoms. The first kappa shape index (κ1) is 54.9. The number of aliphatic imine (C=N–C) groups is 2. The molecule has 2 aliphatic rings. The SMILES string of the molecule is CC(=O)Cc1cccc(-c2ccnc3c2cc(-c2ccc4c(c2)CN=C4)n3S(=O)(=O)c2ccc(C)cc2)c1.CC(=O)Nc1cccc(B(O)O)c1.Cc1ccc(S(=O)(=O)n2c(-c3ccc4c(c3)CN=C4)cc3c(Br)ccnc32)cc1. The van der Waals surface area contributed by atoms with Crippen LogP contribution in [0.2, 0.25) is 0 Å². The van der Waals surface area contributed by atoms with E-state index in [0.29, 0.717) is 53.3 Å². The molecule has 12 rings (SSSR count). The monoisotopic (exact) mass is 1160 g/mol. The zero-order chi connectivity index (χ0) is 56.5. The number of hydrogen-bond acceptors (Lipinski definition) is 12. The first-order chi connectivity index (χ1) is 38.3. The molecular weight excluding hydrogens is 1110 g/mol. The number of carbonyl (C=O) groups is 2. The van der Waals surface area contributed by atoms with Crippen molar-refractivity contribution in [2.24, 2.45) is 9.98 Å². The van der Waals surface area contributed by atoms with E-state index in [9.17, 15) is 26.4 Å². The third-order valence-electron chi connectivity index (χ3n) is 13.4. The maximum atomic E-state index is 14.1. The number of amides is 1. The molecule has 0 spiro atoms. The van der Waals surface area contributed by atoms with E-state index in [1.807, 2.05) is 111 Å². The summed E-state index contributed by atoms with van der Waals surface area (Å²) in [5.74, 6) is -0.107. The predicted octanol–water partition coefficient (Wildman–Crippen LogP) is 10.2. The van der Waals surface area contributed by atoms with Gasteiger partial charge in [0.2, 0.25) is 5.91 Å². The molecule has 0 saturated heterocycles. The van der Waals surface area contributed by atoms with E-state index in [4.69, 9.17) is 10.0 Å². The van der Waals surface area contributed by atoms with Crippen LogP contribution in [0.3, 0.4) is 0 Å².